The molecule has 2 rings (SSSR count). The van der Waals surface area contributed by atoms with Crippen LogP contribution in [0.1, 0.15) is 0 Å². The van der Waals surface area contributed by atoms with Crippen molar-refractivity contribution in [1.29, 1.82) is 0 Å². The van der Waals surface area contributed by atoms with E-state index in [1.54, 1.807) is 0 Å². The summed E-state index contributed by atoms with van der Waals surface area (Å²) < 4.78 is 51.8. The van der Waals surface area contributed by atoms with Crippen molar-refractivity contribution in [2.45, 2.75) is 5.92 Å². The zero-order chi connectivity index (χ0) is 12.8. The number of alkyl halides is 2. The monoisotopic (exact) mass is 250 g/mol. The van der Waals surface area contributed by atoms with Crippen molar-refractivity contribution >= 4 is 11.4 Å². The van der Waals surface area contributed by atoms with Gasteiger partial charge in [0.25, 0.3) is 11.6 Å². The Balaban J connectivity index is 2.34. The minimum absolute atomic E-state index is 0.509. The number of non-ortho nitro benzene ring substituents is 1. The van der Waals surface area contributed by atoms with Gasteiger partial charge in [0, 0.05) is 0 Å². The molecular formula is C9H6F4N2O2. The molecule has 1 fully saturated rings. The Kier molecular flexibility index (Phi) is 2.44. The number of hydrogen-bond acceptors (Lipinski definition) is 3. The smallest absolute Gasteiger partial charge is 0.282 e. The average molecular weight is 250 g/mol. The summed E-state index contributed by atoms with van der Waals surface area (Å²) in [5.74, 6) is -5.40. The molecule has 0 amide bonds. The van der Waals surface area contributed by atoms with Crippen LogP contribution < -0.4 is 4.90 Å². The lowest BCUT2D eigenvalue weighted by Crippen LogP contribution is -2.57. The molecule has 0 spiro atoms. The molecule has 1 aliphatic heterocycles. The molecule has 1 saturated heterocycles. The fourth-order valence-corrected chi connectivity index (χ4v) is 1.63. The maximum atomic E-state index is 13.4. The number of nitro benzene ring substituents is 1. The van der Waals surface area contributed by atoms with Crippen LogP contribution in [0.4, 0.5) is 28.9 Å². The summed E-state index contributed by atoms with van der Waals surface area (Å²) in [5, 5.41) is 10.3. The first-order chi connectivity index (χ1) is 7.80. The van der Waals surface area contributed by atoms with Gasteiger partial charge in [-0.2, -0.15) is 0 Å². The Morgan fingerprint density at radius 3 is 2.06 bits per heavy atom. The van der Waals surface area contributed by atoms with E-state index in [0.717, 1.165) is 4.90 Å². The van der Waals surface area contributed by atoms with Gasteiger partial charge in [0.05, 0.1) is 30.1 Å². The molecule has 1 aliphatic rings. The number of nitro groups is 1. The lowest BCUT2D eigenvalue weighted by molar-refractivity contribution is -0.385. The van der Waals surface area contributed by atoms with Crippen LogP contribution in [0, 0.1) is 21.7 Å². The first-order valence-corrected chi connectivity index (χ1v) is 4.56. The fourth-order valence-electron chi connectivity index (χ4n) is 1.63. The molecule has 92 valence electrons. The number of hydrogen-bond donors (Lipinski definition) is 0. The van der Waals surface area contributed by atoms with Gasteiger partial charge in [0.2, 0.25) is 0 Å². The van der Waals surface area contributed by atoms with Gasteiger partial charge < -0.3 is 4.90 Å². The van der Waals surface area contributed by atoms with Crippen molar-refractivity contribution in [2.75, 3.05) is 18.0 Å². The van der Waals surface area contributed by atoms with Gasteiger partial charge in [-0.15, -0.1) is 0 Å². The minimum atomic E-state index is -2.97. The third-order valence-corrected chi connectivity index (χ3v) is 2.37. The van der Waals surface area contributed by atoms with E-state index in [4.69, 9.17) is 0 Å². The molecule has 0 atom stereocenters. The molecule has 8 heteroatoms. The van der Waals surface area contributed by atoms with Crippen LogP contribution in [0.25, 0.3) is 0 Å². The SMILES string of the molecule is O=[N+]([O-])c1cc(F)c(N2CC(F)(F)C2)c(F)c1. The molecule has 0 aliphatic carbocycles. The highest BCUT2D eigenvalue weighted by molar-refractivity contribution is 5.56. The quantitative estimate of drug-likeness (QED) is 0.459. The molecule has 0 bridgehead atoms. The van der Waals surface area contributed by atoms with Gasteiger partial charge in [0.1, 0.15) is 5.69 Å². The highest BCUT2D eigenvalue weighted by Gasteiger charge is 2.45. The van der Waals surface area contributed by atoms with Crippen molar-refractivity contribution in [3.05, 3.63) is 33.9 Å². The van der Waals surface area contributed by atoms with E-state index >= 15 is 0 Å². The van der Waals surface area contributed by atoms with Crippen molar-refractivity contribution in [3.8, 4) is 0 Å². The van der Waals surface area contributed by atoms with Crippen LogP contribution in [0.5, 0.6) is 0 Å². The van der Waals surface area contributed by atoms with Crippen LogP contribution in [-0.4, -0.2) is 23.9 Å². The van der Waals surface area contributed by atoms with Crippen molar-refractivity contribution < 1.29 is 22.5 Å². The van der Waals surface area contributed by atoms with Gasteiger partial charge in [-0.25, -0.2) is 17.6 Å². The van der Waals surface area contributed by atoms with E-state index in [-0.39, 0.29) is 0 Å². The molecular weight excluding hydrogens is 244 g/mol. The molecule has 17 heavy (non-hydrogen) atoms. The van der Waals surface area contributed by atoms with Crippen LogP contribution >= 0.6 is 0 Å². The Bertz CT molecular complexity index is 461. The third kappa shape index (κ3) is 2.02. The molecule has 1 aromatic carbocycles. The maximum absolute atomic E-state index is 13.4. The molecule has 4 nitrogen and oxygen atoms in total. The van der Waals surface area contributed by atoms with Crippen molar-refractivity contribution in [1.82, 2.24) is 0 Å². The van der Waals surface area contributed by atoms with Crippen LogP contribution in [-0.2, 0) is 0 Å². The number of halogens is 4. The molecule has 1 heterocycles. The maximum Gasteiger partial charge on any atom is 0.282 e. The zero-order valence-corrected chi connectivity index (χ0v) is 8.29. The van der Waals surface area contributed by atoms with E-state index < -0.39 is 46.9 Å². The summed E-state index contributed by atoms with van der Waals surface area (Å²) in [6.07, 6.45) is 0. The second-order valence-corrected chi connectivity index (χ2v) is 3.73. The van der Waals surface area contributed by atoms with Crippen molar-refractivity contribution in [3.63, 3.8) is 0 Å². The van der Waals surface area contributed by atoms with Gasteiger partial charge in [-0.3, -0.25) is 10.1 Å². The molecule has 1 aromatic rings. The normalized spacial score (nSPS) is 17.8. The number of nitrogens with zero attached hydrogens (tertiary/aromatic N) is 2. The largest absolute Gasteiger partial charge is 0.355 e. The Morgan fingerprint density at radius 2 is 1.71 bits per heavy atom. The summed E-state index contributed by atoms with van der Waals surface area (Å²) in [5.41, 5.74) is -1.41. The standard InChI is InChI=1S/C9H6F4N2O2/c10-6-1-5(15(16)17)2-7(11)8(6)14-3-9(12,13)4-14/h1-2H,3-4H2. The zero-order valence-electron chi connectivity index (χ0n) is 8.29. The summed E-state index contributed by atoms with van der Waals surface area (Å²) in [6, 6.07) is 1.02. The van der Waals surface area contributed by atoms with Crippen LogP contribution in [0.3, 0.4) is 0 Å². The number of benzene rings is 1. The van der Waals surface area contributed by atoms with E-state index in [1.165, 1.54) is 0 Å². The predicted molar refractivity (Wildman–Crippen MR) is 50.2 cm³/mol. The Morgan fingerprint density at radius 1 is 1.24 bits per heavy atom. The van der Waals surface area contributed by atoms with E-state index in [9.17, 15) is 27.7 Å². The summed E-state index contributed by atoms with van der Waals surface area (Å²) in [7, 11) is 0. The highest BCUT2D eigenvalue weighted by atomic mass is 19.3. The van der Waals surface area contributed by atoms with Gasteiger partial charge >= 0.3 is 0 Å². The highest BCUT2D eigenvalue weighted by Crippen LogP contribution is 2.36. The molecule has 0 unspecified atom stereocenters. The molecule has 0 saturated carbocycles. The van der Waals surface area contributed by atoms with Gasteiger partial charge in [0.15, 0.2) is 11.6 Å². The predicted octanol–water partition coefficient (Wildman–Crippen LogP) is 2.33. The Hall–Kier alpha value is -1.86. The molecule has 0 radical (unpaired) electrons. The van der Waals surface area contributed by atoms with E-state index in [1.807, 2.05) is 0 Å². The van der Waals surface area contributed by atoms with Crippen molar-refractivity contribution in [2.24, 2.45) is 0 Å². The first-order valence-electron chi connectivity index (χ1n) is 4.56. The van der Waals surface area contributed by atoms with Gasteiger partial charge in [-0.05, 0) is 0 Å². The lowest BCUT2D eigenvalue weighted by atomic mass is 10.1. The first kappa shape index (κ1) is 11.6. The van der Waals surface area contributed by atoms with E-state index in [0.29, 0.717) is 12.1 Å². The summed E-state index contributed by atoms with van der Waals surface area (Å²) in [6.45, 7) is -1.59. The molecule has 0 aromatic heterocycles. The Labute approximate surface area is 92.6 Å². The van der Waals surface area contributed by atoms with Crippen LogP contribution in [0.2, 0.25) is 0 Å². The van der Waals surface area contributed by atoms with Crippen LogP contribution in [0.15, 0.2) is 12.1 Å². The minimum Gasteiger partial charge on any atom is -0.355 e. The average Bonchev–Trinajstić information content (AvgIpc) is 2.13. The third-order valence-electron chi connectivity index (χ3n) is 2.37. The lowest BCUT2D eigenvalue weighted by Gasteiger charge is -2.40. The number of rotatable bonds is 2. The second kappa shape index (κ2) is 3.57. The second-order valence-electron chi connectivity index (χ2n) is 3.73. The van der Waals surface area contributed by atoms with E-state index in [2.05, 4.69) is 0 Å². The summed E-state index contributed by atoms with van der Waals surface area (Å²) >= 11 is 0. The van der Waals surface area contributed by atoms with Gasteiger partial charge in [-0.1, -0.05) is 0 Å². The topological polar surface area (TPSA) is 46.4 Å². The fraction of sp³-hybridized carbons (Fsp3) is 0.333. The number of anilines is 1. The molecule has 0 N–H and O–H groups in total. The summed E-state index contributed by atoms with van der Waals surface area (Å²) in [4.78, 5) is 10.2.